The van der Waals surface area contributed by atoms with Crippen LogP contribution >= 0.6 is 39.1 Å². The van der Waals surface area contributed by atoms with Crippen LogP contribution in [-0.2, 0) is 0 Å². The van der Waals surface area contributed by atoms with E-state index in [0.29, 0.717) is 22.7 Å². The van der Waals surface area contributed by atoms with Crippen molar-refractivity contribution in [1.29, 1.82) is 0 Å². The Morgan fingerprint density at radius 1 is 1.33 bits per heavy atom. The molecule has 21 heavy (non-hydrogen) atoms. The molecule has 0 aliphatic rings. The van der Waals surface area contributed by atoms with E-state index in [1.165, 1.54) is 12.1 Å². The number of rotatable bonds is 2. The highest BCUT2D eigenvalue weighted by atomic mass is 79.9. The smallest absolute Gasteiger partial charge is 0.164 e. The number of halogens is 4. The van der Waals surface area contributed by atoms with E-state index in [2.05, 4.69) is 25.9 Å². The van der Waals surface area contributed by atoms with Crippen molar-refractivity contribution in [3.05, 3.63) is 51.6 Å². The Morgan fingerprint density at radius 3 is 2.76 bits per heavy atom. The quantitative estimate of drug-likeness (QED) is 0.559. The lowest BCUT2D eigenvalue weighted by atomic mass is 10.3. The maximum Gasteiger partial charge on any atom is 0.164 e. The van der Waals surface area contributed by atoms with Gasteiger partial charge in [0.05, 0.1) is 16.1 Å². The highest BCUT2D eigenvalue weighted by molar-refractivity contribution is 9.10. The van der Waals surface area contributed by atoms with Crippen molar-refractivity contribution >= 4 is 50.3 Å². The van der Waals surface area contributed by atoms with E-state index in [-0.39, 0.29) is 10.4 Å². The van der Waals surface area contributed by atoms with E-state index in [4.69, 9.17) is 23.2 Å². The molecule has 7 heteroatoms. The molecule has 0 aliphatic carbocycles. The van der Waals surface area contributed by atoms with Gasteiger partial charge in [-0.3, -0.25) is 4.57 Å². The third kappa shape index (κ3) is 2.65. The molecule has 3 rings (SSSR count). The highest BCUT2D eigenvalue weighted by Crippen LogP contribution is 2.29. The zero-order valence-corrected chi connectivity index (χ0v) is 13.9. The van der Waals surface area contributed by atoms with E-state index in [1.54, 1.807) is 16.8 Å². The second-order valence-corrected chi connectivity index (χ2v) is 6.49. The molecule has 0 aliphatic heterocycles. The van der Waals surface area contributed by atoms with Gasteiger partial charge in [-0.25, -0.2) is 14.4 Å². The van der Waals surface area contributed by atoms with Crippen LogP contribution in [0.3, 0.4) is 0 Å². The van der Waals surface area contributed by atoms with Crippen LogP contribution in [0.5, 0.6) is 0 Å². The van der Waals surface area contributed by atoms with Gasteiger partial charge in [-0.05, 0) is 47.1 Å². The van der Waals surface area contributed by atoms with E-state index < -0.39 is 5.82 Å². The van der Waals surface area contributed by atoms with Crippen molar-refractivity contribution in [2.45, 2.75) is 12.3 Å². The van der Waals surface area contributed by atoms with Gasteiger partial charge in [0, 0.05) is 10.7 Å². The molecule has 0 saturated carbocycles. The summed E-state index contributed by atoms with van der Waals surface area (Å²) in [5.41, 5.74) is 2.01. The number of hydrogen-bond acceptors (Lipinski definition) is 2. The van der Waals surface area contributed by atoms with Gasteiger partial charge in [-0.1, -0.05) is 11.6 Å². The third-order valence-electron chi connectivity index (χ3n) is 3.01. The van der Waals surface area contributed by atoms with Crippen molar-refractivity contribution in [3.8, 4) is 5.69 Å². The van der Waals surface area contributed by atoms with Gasteiger partial charge in [0.15, 0.2) is 5.65 Å². The summed E-state index contributed by atoms with van der Waals surface area (Å²) >= 11 is 15.4. The molecule has 1 aromatic carbocycles. The van der Waals surface area contributed by atoms with Crippen LogP contribution in [0.4, 0.5) is 4.39 Å². The largest absolute Gasteiger partial charge is 0.279 e. The van der Waals surface area contributed by atoms with Crippen molar-refractivity contribution in [3.63, 3.8) is 0 Å². The van der Waals surface area contributed by atoms with Crippen molar-refractivity contribution < 1.29 is 4.39 Å². The molecule has 3 nitrogen and oxygen atoms in total. The minimum absolute atomic E-state index is 0.0413. The molecule has 0 N–H and O–H groups in total. The Morgan fingerprint density at radius 2 is 2.10 bits per heavy atom. The fraction of sp³-hybridized carbons (Fsp3) is 0.143. The lowest BCUT2D eigenvalue weighted by Gasteiger charge is -2.10. The van der Waals surface area contributed by atoms with Crippen molar-refractivity contribution in [2.24, 2.45) is 0 Å². The third-order valence-corrected chi connectivity index (χ3v) is 3.93. The number of nitrogens with zero attached hydrogens (tertiary/aromatic N) is 3. The average molecular weight is 389 g/mol. The molecule has 0 bridgehead atoms. The topological polar surface area (TPSA) is 30.7 Å². The van der Waals surface area contributed by atoms with Gasteiger partial charge in [-0.15, -0.1) is 11.6 Å². The van der Waals surface area contributed by atoms with Gasteiger partial charge < -0.3 is 0 Å². The van der Waals surface area contributed by atoms with Gasteiger partial charge >= 0.3 is 0 Å². The molecule has 0 radical (unpaired) electrons. The van der Waals surface area contributed by atoms with Crippen LogP contribution in [0.25, 0.3) is 16.9 Å². The first-order valence-corrected chi connectivity index (χ1v) is 7.71. The van der Waals surface area contributed by atoms with Gasteiger partial charge in [0.1, 0.15) is 17.2 Å². The van der Waals surface area contributed by atoms with Crippen LogP contribution in [0.2, 0.25) is 5.02 Å². The van der Waals surface area contributed by atoms with Crippen molar-refractivity contribution in [1.82, 2.24) is 14.5 Å². The molecule has 108 valence electrons. The molecule has 0 fully saturated rings. The fourth-order valence-corrected chi connectivity index (χ4v) is 2.74. The molecule has 1 unspecified atom stereocenters. The highest BCUT2D eigenvalue weighted by Gasteiger charge is 2.18. The maximum absolute atomic E-state index is 13.4. The summed E-state index contributed by atoms with van der Waals surface area (Å²) in [4.78, 5) is 8.87. The standard InChI is InChI=1S/C14H9BrCl2FN3/c1-7(16)13-20-12-4-8(15)6-19-14(12)21(13)9-2-3-11(18)10(17)5-9/h2-7H,1H3. The summed E-state index contributed by atoms with van der Waals surface area (Å²) < 4.78 is 16.0. The monoisotopic (exact) mass is 387 g/mol. The second-order valence-electron chi connectivity index (χ2n) is 4.52. The van der Waals surface area contributed by atoms with Crippen LogP contribution in [-0.4, -0.2) is 14.5 Å². The summed E-state index contributed by atoms with van der Waals surface area (Å²) in [6, 6.07) is 6.32. The van der Waals surface area contributed by atoms with Crippen LogP contribution in [0.1, 0.15) is 18.1 Å². The zero-order valence-electron chi connectivity index (χ0n) is 10.8. The number of aromatic nitrogens is 3. The van der Waals surface area contributed by atoms with Crippen LogP contribution in [0.15, 0.2) is 34.9 Å². The van der Waals surface area contributed by atoms with Crippen molar-refractivity contribution in [2.75, 3.05) is 0 Å². The SMILES string of the molecule is CC(Cl)c1nc2cc(Br)cnc2n1-c1ccc(F)c(Cl)c1. The summed E-state index contributed by atoms with van der Waals surface area (Å²) in [6.07, 6.45) is 1.67. The van der Waals surface area contributed by atoms with Gasteiger partial charge in [-0.2, -0.15) is 0 Å². The number of pyridine rings is 1. The Hall–Kier alpha value is -1.17. The molecular weight excluding hydrogens is 380 g/mol. The van der Waals surface area contributed by atoms with E-state index in [0.717, 1.165) is 4.47 Å². The Labute approximate surface area is 138 Å². The maximum atomic E-state index is 13.4. The number of hydrogen-bond donors (Lipinski definition) is 0. The Kier molecular flexibility index (Phi) is 3.90. The average Bonchev–Trinajstić information content (AvgIpc) is 2.80. The molecule has 2 heterocycles. The predicted molar refractivity (Wildman–Crippen MR) is 85.8 cm³/mol. The van der Waals surface area contributed by atoms with Crippen LogP contribution in [0, 0.1) is 5.82 Å². The lowest BCUT2D eigenvalue weighted by Crippen LogP contribution is -2.03. The van der Waals surface area contributed by atoms with E-state index >= 15 is 0 Å². The molecule has 0 amide bonds. The number of fused-ring (bicyclic) bond motifs is 1. The molecule has 3 aromatic rings. The minimum Gasteiger partial charge on any atom is -0.279 e. The Bertz CT molecular complexity index is 832. The van der Waals surface area contributed by atoms with Crippen LogP contribution < -0.4 is 0 Å². The summed E-state index contributed by atoms with van der Waals surface area (Å²) in [5, 5.41) is -0.290. The molecular formula is C14H9BrCl2FN3. The molecule has 1 atom stereocenters. The molecule has 0 spiro atoms. The fourth-order valence-electron chi connectivity index (χ4n) is 2.10. The minimum atomic E-state index is -0.471. The first-order valence-electron chi connectivity index (χ1n) is 6.11. The first-order chi connectivity index (χ1) is 9.97. The predicted octanol–water partition coefficient (Wildman–Crippen LogP) is 5.28. The van der Waals surface area contributed by atoms with E-state index in [1.807, 2.05) is 13.0 Å². The van der Waals surface area contributed by atoms with E-state index in [9.17, 15) is 4.39 Å². The summed E-state index contributed by atoms with van der Waals surface area (Å²) in [7, 11) is 0. The number of benzene rings is 1. The first kappa shape index (κ1) is 14.8. The number of alkyl halides is 1. The Balaban J connectivity index is 2.33. The van der Waals surface area contributed by atoms with Gasteiger partial charge in [0.25, 0.3) is 0 Å². The number of imidazole rings is 1. The molecule has 0 saturated heterocycles. The molecule has 2 aromatic heterocycles. The van der Waals surface area contributed by atoms with Gasteiger partial charge in [0.2, 0.25) is 0 Å². The summed E-state index contributed by atoms with van der Waals surface area (Å²) in [5.74, 6) is 0.154. The summed E-state index contributed by atoms with van der Waals surface area (Å²) in [6.45, 7) is 1.82. The normalized spacial score (nSPS) is 12.8. The second kappa shape index (κ2) is 5.55. The lowest BCUT2D eigenvalue weighted by molar-refractivity contribution is 0.627. The zero-order chi connectivity index (χ0) is 15.1.